The molecule has 15 nitrogen and oxygen atoms in total. The number of hydrogen-bond acceptors (Lipinski definition) is 15. The van der Waals surface area contributed by atoms with Gasteiger partial charge < -0.3 is 69.3 Å². The number of esters is 1. The predicted octanol–water partition coefficient (Wildman–Crippen LogP) is -2.37. The first kappa shape index (κ1) is 32.5. The number of phenols is 1. The van der Waals surface area contributed by atoms with E-state index in [0.717, 1.165) is 6.08 Å². The van der Waals surface area contributed by atoms with E-state index in [1.807, 2.05) is 0 Å². The molecule has 0 saturated carbocycles. The fraction of sp³-hybridized carbons (Fsp3) is 0.552. The lowest BCUT2D eigenvalue weighted by atomic mass is 9.88. The molecule has 3 heterocycles. The van der Waals surface area contributed by atoms with Gasteiger partial charge in [0.15, 0.2) is 18.7 Å². The zero-order chi connectivity index (χ0) is 31.5. The number of aliphatic hydroxyl groups excluding tert-OH is 7. The molecule has 8 N–H and O–H groups in total. The van der Waals surface area contributed by atoms with Gasteiger partial charge in [-0.25, -0.2) is 4.79 Å². The first-order valence-corrected chi connectivity index (χ1v) is 14.0. The van der Waals surface area contributed by atoms with Crippen LogP contribution in [0.2, 0.25) is 0 Å². The number of phenolic OH excluding ortho intramolecular Hbond substituents is 1. The summed E-state index contributed by atoms with van der Waals surface area (Å²) in [6.07, 6.45) is -8.13. The van der Waals surface area contributed by atoms with E-state index < -0.39 is 98.7 Å². The number of rotatable bonds is 9. The number of hydrogen-bond donors (Lipinski definition) is 8. The Labute approximate surface area is 251 Å². The Bertz CT molecular complexity index is 1220. The molecule has 5 rings (SSSR count). The Morgan fingerprint density at radius 3 is 2.34 bits per heavy atom. The fourth-order valence-electron chi connectivity index (χ4n) is 5.57. The van der Waals surface area contributed by atoms with Crippen molar-refractivity contribution in [1.29, 1.82) is 0 Å². The van der Waals surface area contributed by atoms with Gasteiger partial charge in [-0.1, -0.05) is 18.2 Å². The average Bonchev–Trinajstić information content (AvgIpc) is 3.39. The molecule has 44 heavy (non-hydrogen) atoms. The molecule has 0 amide bonds. The molecule has 2 saturated heterocycles. The summed E-state index contributed by atoms with van der Waals surface area (Å²) < 4.78 is 33.7. The van der Waals surface area contributed by atoms with Crippen LogP contribution in [0.3, 0.4) is 0 Å². The number of carbonyl (C=O) groups excluding carboxylic acids is 1. The highest BCUT2D eigenvalue weighted by atomic mass is 16.8. The lowest BCUT2D eigenvalue weighted by molar-refractivity contribution is -0.340. The van der Waals surface area contributed by atoms with Gasteiger partial charge in [-0.3, -0.25) is 0 Å². The largest absolute Gasteiger partial charge is 0.508 e. The van der Waals surface area contributed by atoms with Crippen LogP contribution in [-0.4, -0.2) is 134 Å². The number of aromatic hydroxyl groups is 1. The van der Waals surface area contributed by atoms with Gasteiger partial charge in [-0.2, -0.15) is 0 Å². The molecule has 1 aromatic carbocycles. The number of ether oxygens (including phenoxy) is 6. The Morgan fingerprint density at radius 1 is 0.909 bits per heavy atom. The topological polar surface area (TPSA) is 234 Å². The summed E-state index contributed by atoms with van der Waals surface area (Å²) in [6.45, 7) is -1.37. The van der Waals surface area contributed by atoms with Crippen molar-refractivity contribution in [3.8, 4) is 5.75 Å². The van der Waals surface area contributed by atoms with Crippen molar-refractivity contribution < 1.29 is 74.1 Å². The number of carbonyl (C=O) groups is 1. The van der Waals surface area contributed by atoms with Crippen molar-refractivity contribution in [1.82, 2.24) is 0 Å². The number of aliphatic hydroxyl groups is 7. The second kappa shape index (κ2) is 14.0. The van der Waals surface area contributed by atoms with E-state index in [-0.39, 0.29) is 12.4 Å². The molecular formula is C29H36O15. The summed E-state index contributed by atoms with van der Waals surface area (Å²) in [5.41, 5.74) is 1.05. The summed E-state index contributed by atoms with van der Waals surface area (Å²) in [5.74, 6) is -1.93. The fourth-order valence-corrected chi connectivity index (χ4v) is 5.57. The summed E-state index contributed by atoms with van der Waals surface area (Å²) in [7, 11) is 0. The van der Waals surface area contributed by atoms with Gasteiger partial charge in [0.1, 0.15) is 42.4 Å². The van der Waals surface area contributed by atoms with Crippen LogP contribution in [0.4, 0.5) is 0 Å². The lowest BCUT2D eigenvalue weighted by Gasteiger charge is -2.43. The van der Waals surface area contributed by atoms with Crippen LogP contribution in [0.25, 0.3) is 6.08 Å². The first-order valence-electron chi connectivity index (χ1n) is 14.0. The van der Waals surface area contributed by atoms with E-state index in [9.17, 15) is 45.6 Å². The highest BCUT2D eigenvalue weighted by Gasteiger charge is 2.51. The van der Waals surface area contributed by atoms with Crippen LogP contribution in [0.15, 0.2) is 54.3 Å². The molecule has 0 spiro atoms. The normalized spacial score (nSPS) is 40.3. The molecule has 3 aliphatic heterocycles. The minimum absolute atomic E-state index is 0.0724. The Hall–Kier alpha value is -2.93. The van der Waals surface area contributed by atoms with E-state index in [1.54, 1.807) is 24.3 Å². The van der Waals surface area contributed by atoms with Gasteiger partial charge in [0, 0.05) is 12.0 Å². The summed E-state index contributed by atoms with van der Waals surface area (Å²) >= 11 is 0. The third kappa shape index (κ3) is 6.83. The molecular weight excluding hydrogens is 588 g/mol. The van der Waals surface area contributed by atoms with Gasteiger partial charge >= 0.3 is 5.97 Å². The van der Waals surface area contributed by atoms with Gasteiger partial charge in [-0.05, 0) is 35.4 Å². The third-order valence-electron chi connectivity index (χ3n) is 8.00. The van der Waals surface area contributed by atoms with E-state index in [4.69, 9.17) is 28.4 Å². The Morgan fingerprint density at radius 2 is 1.64 bits per heavy atom. The molecule has 2 fully saturated rings. The molecule has 0 radical (unpaired) electrons. The maximum absolute atomic E-state index is 12.3. The molecule has 13 atom stereocenters. The highest BCUT2D eigenvalue weighted by Crippen LogP contribution is 2.43. The average molecular weight is 625 g/mol. The SMILES string of the molecule is O=C(/C=C/c1ccc(O)cc1)O[C@@H]1CO[C@@H](O[C@@H]2C=C(CO)[C@H]3[C@H](O[C@@H]4O[C@H](CO)[C@@H](O)[C@H](O)[C@H]4O)OC=C[C@H]32)[C@H](O)[C@H]1O. The quantitative estimate of drug-likeness (QED) is 0.0815. The van der Waals surface area contributed by atoms with Gasteiger partial charge in [0.25, 0.3) is 0 Å². The molecule has 242 valence electrons. The van der Waals surface area contributed by atoms with Crippen molar-refractivity contribution in [2.75, 3.05) is 19.8 Å². The van der Waals surface area contributed by atoms with Gasteiger partial charge in [0.2, 0.25) is 6.29 Å². The van der Waals surface area contributed by atoms with E-state index in [2.05, 4.69) is 0 Å². The Balaban J connectivity index is 1.19. The summed E-state index contributed by atoms with van der Waals surface area (Å²) in [6, 6.07) is 6.08. The van der Waals surface area contributed by atoms with Crippen LogP contribution in [0.1, 0.15) is 5.56 Å². The van der Waals surface area contributed by atoms with Crippen LogP contribution in [-0.2, 0) is 33.2 Å². The van der Waals surface area contributed by atoms with Crippen LogP contribution >= 0.6 is 0 Å². The van der Waals surface area contributed by atoms with Gasteiger partial charge in [0.05, 0.1) is 38.1 Å². The second-order valence-electron chi connectivity index (χ2n) is 10.9. The standard InChI is InChI=1S/C29H36O15/c30-10-14-9-17(16-7-8-39-27(21(14)16)44-29-26(38)24(36)22(34)18(11-31)43-29)42-28-25(37)23(35)19(12-40-28)41-20(33)6-3-13-1-4-15(32)5-2-13/h1-9,16-19,21-32,34-38H,10-12H2/b6-3+/t16-,17+,18+,19+,21+,22+,23-,24-,25+,26+,27-,28-,29-/m0/s1. The molecule has 4 aliphatic rings. The van der Waals surface area contributed by atoms with E-state index in [0.29, 0.717) is 11.1 Å². The van der Waals surface area contributed by atoms with Crippen molar-refractivity contribution in [2.24, 2.45) is 11.8 Å². The molecule has 1 aromatic rings. The zero-order valence-electron chi connectivity index (χ0n) is 23.3. The van der Waals surface area contributed by atoms with E-state index >= 15 is 0 Å². The molecule has 1 aliphatic carbocycles. The van der Waals surface area contributed by atoms with Crippen molar-refractivity contribution in [3.05, 3.63) is 59.9 Å². The monoisotopic (exact) mass is 624 g/mol. The highest BCUT2D eigenvalue weighted by molar-refractivity contribution is 5.87. The third-order valence-corrected chi connectivity index (χ3v) is 8.00. The molecule has 0 aromatic heterocycles. The second-order valence-corrected chi connectivity index (χ2v) is 10.9. The van der Waals surface area contributed by atoms with Gasteiger partial charge in [-0.15, -0.1) is 0 Å². The van der Waals surface area contributed by atoms with Crippen LogP contribution < -0.4 is 0 Å². The smallest absolute Gasteiger partial charge is 0.331 e. The van der Waals surface area contributed by atoms with Crippen LogP contribution in [0, 0.1) is 11.8 Å². The number of benzene rings is 1. The van der Waals surface area contributed by atoms with E-state index in [1.165, 1.54) is 24.5 Å². The van der Waals surface area contributed by atoms with Crippen molar-refractivity contribution in [3.63, 3.8) is 0 Å². The lowest BCUT2D eigenvalue weighted by Crippen LogP contribution is -2.60. The first-order chi connectivity index (χ1) is 21.1. The maximum atomic E-state index is 12.3. The predicted molar refractivity (Wildman–Crippen MR) is 145 cm³/mol. The number of fused-ring (bicyclic) bond motifs is 1. The molecule has 15 heteroatoms. The van der Waals surface area contributed by atoms with Crippen molar-refractivity contribution >= 4 is 12.0 Å². The van der Waals surface area contributed by atoms with Crippen molar-refractivity contribution in [2.45, 2.75) is 67.7 Å². The summed E-state index contributed by atoms with van der Waals surface area (Å²) in [5, 5.41) is 80.8. The van der Waals surface area contributed by atoms with Crippen LogP contribution in [0.5, 0.6) is 5.75 Å². The maximum Gasteiger partial charge on any atom is 0.331 e. The minimum atomic E-state index is -1.67. The minimum Gasteiger partial charge on any atom is -0.508 e. The molecule has 0 bridgehead atoms. The Kier molecular flexibility index (Phi) is 10.3. The molecule has 0 unspecified atom stereocenters. The summed E-state index contributed by atoms with van der Waals surface area (Å²) in [4.78, 5) is 12.3. The zero-order valence-corrected chi connectivity index (χ0v) is 23.3.